The maximum Gasteiger partial charge on any atom is 0.390 e. The molecule has 1 saturated heterocycles. The lowest BCUT2D eigenvalue weighted by atomic mass is 10.0. The zero-order valence-corrected chi connectivity index (χ0v) is 12.1. The van der Waals surface area contributed by atoms with Crippen molar-refractivity contribution in [3.63, 3.8) is 0 Å². The second-order valence-corrected chi connectivity index (χ2v) is 5.38. The smallest absolute Gasteiger partial charge is 0.314 e. The van der Waals surface area contributed by atoms with Gasteiger partial charge >= 0.3 is 6.18 Å². The number of hydrogen-bond donors (Lipinski definition) is 1. The number of nitrogens with one attached hydrogen (secondary N) is 1. The quantitative estimate of drug-likeness (QED) is 0.863. The van der Waals surface area contributed by atoms with Gasteiger partial charge in [-0.1, -0.05) is 29.3 Å². The van der Waals surface area contributed by atoms with Gasteiger partial charge in [-0.2, -0.15) is 13.2 Å². The van der Waals surface area contributed by atoms with Crippen molar-refractivity contribution in [3.8, 4) is 0 Å². The zero-order chi connectivity index (χ0) is 14.8. The fourth-order valence-electron chi connectivity index (χ4n) is 2.32. The first-order valence-electron chi connectivity index (χ1n) is 6.20. The lowest BCUT2D eigenvalue weighted by Crippen LogP contribution is -2.46. The van der Waals surface area contributed by atoms with E-state index in [1.165, 1.54) is 12.1 Å². The monoisotopic (exact) mass is 327 g/mol. The zero-order valence-electron chi connectivity index (χ0n) is 10.6. The molecule has 0 unspecified atom stereocenters. The molecule has 1 atom stereocenters. The van der Waals surface area contributed by atoms with E-state index in [-0.39, 0.29) is 10.3 Å². The third-order valence-electron chi connectivity index (χ3n) is 3.22. The molecule has 1 fully saturated rings. The van der Waals surface area contributed by atoms with Crippen molar-refractivity contribution in [1.29, 1.82) is 0 Å². The largest absolute Gasteiger partial charge is 0.390 e. The first kappa shape index (κ1) is 15.8. The second kappa shape index (κ2) is 6.47. The van der Waals surface area contributed by atoms with E-state index < -0.39 is 18.6 Å². The number of hydrogen-bond acceptors (Lipinski definition) is 3. The molecule has 1 aliphatic rings. The Hall–Kier alpha value is -0.560. The highest BCUT2D eigenvalue weighted by Gasteiger charge is 2.37. The van der Waals surface area contributed by atoms with E-state index >= 15 is 0 Å². The second-order valence-electron chi connectivity index (χ2n) is 4.64. The van der Waals surface area contributed by atoms with Crippen molar-refractivity contribution in [3.05, 3.63) is 28.0 Å². The molecule has 1 aromatic heterocycles. The Bertz CT molecular complexity index is 462. The number of nitrogens with zero attached hydrogens (tertiary/aromatic N) is 2. The molecule has 112 valence electrons. The maximum atomic E-state index is 12.8. The fourth-order valence-corrected chi connectivity index (χ4v) is 2.79. The van der Waals surface area contributed by atoms with Crippen LogP contribution in [0.2, 0.25) is 10.3 Å². The van der Waals surface area contributed by atoms with Crippen LogP contribution in [0.1, 0.15) is 18.0 Å². The molecule has 2 heterocycles. The van der Waals surface area contributed by atoms with Crippen LogP contribution < -0.4 is 5.32 Å². The summed E-state index contributed by atoms with van der Waals surface area (Å²) in [6, 6.07) is 2.17. The topological polar surface area (TPSA) is 28.2 Å². The van der Waals surface area contributed by atoms with Crippen LogP contribution in [0.15, 0.2) is 12.1 Å². The van der Waals surface area contributed by atoms with E-state index in [9.17, 15) is 13.2 Å². The van der Waals surface area contributed by atoms with Gasteiger partial charge in [0.2, 0.25) is 0 Å². The van der Waals surface area contributed by atoms with Crippen molar-refractivity contribution in [1.82, 2.24) is 15.2 Å². The molecule has 0 radical (unpaired) electrons. The summed E-state index contributed by atoms with van der Waals surface area (Å²) in [6.45, 7) is 2.40. The minimum atomic E-state index is -4.27. The van der Waals surface area contributed by atoms with Crippen LogP contribution >= 0.6 is 23.2 Å². The summed E-state index contributed by atoms with van der Waals surface area (Å²) < 4.78 is 38.5. The number of piperazine rings is 1. The van der Waals surface area contributed by atoms with E-state index in [0.717, 1.165) is 0 Å². The van der Waals surface area contributed by atoms with Crippen LogP contribution in [0.3, 0.4) is 0 Å². The first-order chi connectivity index (χ1) is 9.37. The van der Waals surface area contributed by atoms with Crippen molar-refractivity contribution in [2.45, 2.75) is 18.6 Å². The summed E-state index contributed by atoms with van der Waals surface area (Å²) in [7, 11) is 0. The number of rotatable bonds is 3. The lowest BCUT2D eigenvalue weighted by Gasteiger charge is -2.35. The highest BCUT2D eigenvalue weighted by Crippen LogP contribution is 2.36. The summed E-state index contributed by atoms with van der Waals surface area (Å²) in [5.41, 5.74) is 0.371. The summed E-state index contributed by atoms with van der Waals surface area (Å²) >= 11 is 11.7. The summed E-state index contributed by atoms with van der Waals surface area (Å²) in [5, 5.41) is 3.32. The Morgan fingerprint density at radius 2 is 1.90 bits per heavy atom. The average molecular weight is 328 g/mol. The number of alkyl halides is 3. The standard InChI is InChI=1S/C12H14Cl2F3N3/c13-10-2-1-8(11(14)19-10)9(7-12(15,16)17)20-5-3-18-4-6-20/h1-2,9,18H,3-7H2/t9-/m0/s1. The molecule has 1 aromatic rings. The number of aromatic nitrogens is 1. The van der Waals surface area contributed by atoms with Crippen molar-refractivity contribution in [2.24, 2.45) is 0 Å². The fraction of sp³-hybridized carbons (Fsp3) is 0.583. The van der Waals surface area contributed by atoms with Crippen molar-refractivity contribution in [2.75, 3.05) is 26.2 Å². The van der Waals surface area contributed by atoms with Gasteiger partial charge in [0.15, 0.2) is 0 Å². The minimum Gasteiger partial charge on any atom is -0.314 e. The van der Waals surface area contributed by atoms with Gasteiger partial charge in [0.25, 0.3) is 0 Å². The third-order valence-corrected chi connectivity index (χ3v) is 3.73. The van der Waals surface area contributed by atoms with Crippen LogP contribution in [-0.2, 0) is 0 Å². The molecule has 0 saturated carbocycles. The molecule has 0 aromatic carbocycles. The van der Waals surface area contributed by atoms with Crippen LogP contribution in [0.4, 0.5) is 13.2 Å². The Morgan fingerprint density at radius 3 is 2.45 bits per heavy atom. The third kappa shape index (κ3) is 4.22. The molecular formula is C12H14Cl2F3N3. The Kier molecular flexibility index (Phi) is 5.12. The van der Waals surface area contributed by atoms with Crippen LogP contribution in [0.5, 0.6) is 0 Å². The van der Waals surface area contributed by atoms with Gasteiger partial charge in [0.05, 0.1) is 6.42 Å². The van der Waals surface area contributed by atoms with Crippen molar-refractivity contribution >= 4 is 23.2 Å². The molecule has 1 N–H and O–H groups in total. The van der Waals surface area contributed by atoms with Gasteiger partial charge in [-0.3, -0.25) is 4.90 Å². The molecular weight excluding hydrogens is 314 g/mol. The molecule has 8 heteroatoms. The van der Waals surface area contributed by atoms with E-state index in [1.807, 2.05) is 0 Å². The summed E-state index contributed by atoms with van der Waals surface area (Å²) in [5.74, 6) is 0. The number of pyridine rings is 1. The van der Waals surface area contributed by atoms with Gasteiger partial charge in [-0.25, -0.2) is 4.98 Å². The summed E-state index contributed by atoms with van der Waals surface area (Å²) in [6.07, 6.45) is -5.21. The Balaban J connectivity index is 2.29. The van der Waals surface area contributed by atoms with Crippen LogP contribution in [0.25, 0.3) is 0 Å². The molecule has 0 aliphatic carbocycles. The van der Waals surface area contributed by atoms with E-state index in [4.69, 9.17) is 23.2 Å². The SMILES string of the molecule is FC(F)(F)C[C@@H](c1ccc(Cl)nc1Cl)N1CCNCC1. The molecule has 3 nitrogen and oxygen atoms in total. The van der Waals surface area contributed by atoms with Gasteiger partial charge in [0, 0.05) is 37.8 Å². The van der Waals surface area contributed by atoms with Crippen LogP contribution in [0, 0.1) is 0 Å². The highest BCUT2D eigenvalue weighted by molar-refractivity contribution is 6.32. The first-order valence-corrected chi connectivity index (χ1v) is 6.96. The Labute approximate surface area is 125 Å². The summed E-state index contributed by atoms with van der Waals surface area (Å²) in [4.78, 5) is 5.62. The lowest BCUT2D eigenvalue weighted by molar-refractivity contribution is -0.148. The Morgan fingerprint density at radius 1 is 1.25 bits per heavy atom. The van der Waals surface area contributed by atoms with Gasteiger partial charge < -0.3 is 5.32 Å². The predicted octanol–water partition coefficient (Wildman–Crippen LogP) is 3.29. The molecule has 0 bridgehead atoms. The minimum absolute atomic E-state index is 0.0327. The van der Waals surface area contributed by atoms with E-state index in [2.05, 4.69) is 10.3 Å². The molecule has 0 amide bonds. The van der Waals surface area contributed by atoms with Crippen LogP contribution in [-0.4, -0.2) is 42.2 Å². The van der Waals surface area contributed by atoms with Gasteiger partial charge in [0.1, 0.15) is 10.3 Å². The average Bonchev–Trinajstić information content (AvgIpc) is 2.36. The molecule has 20 heavy (non-hydrogen) atoms. The highest BCUT2D eigenvalue weighted by atomic mass is 35.5. The van der Waals surface area contributed by atoms with Gasteiger partial charge in [-0.05, 0) is 6.07 Å². The van der Waals surface area contributed by atoms with E-state index in [0.29, 0.717) is 31.7 Å². The van der Waals surface area contributed by atoms with Gasteiger partial charge in [-0.15, -0.1) is 0 Å². The molecule has 2 rings (SSSR count). The molecule has 1 aliphatic heterocycles. The van der Waals surface area contributed by atoms with Crippen molar-refractivity contribution < 1.29 is 13.2 Å². The van der Waals surface area contributed by atoms with E-state index in [1.54, 1.807) is 4.90 Å². The number of halogens is 5. The maximum absolute atomic E-state index is 12.8. The normalized spacial score (nSPS) is 19.1. The predicted molar refractivity (Wildman–Crippen MR) is 72.1 cm³/mol. The molecule has 0 spiro atoms.